The van der Waals surface area contributed by atoms with Crippen molar-refractivity contribution in [1.29, 1.82) is 0 Å². The number of carbonyl (C=O) groups is 2. The van der Waals surface area contributed by atoms with E-state index in [0.29, 0.717) is 38.0 Å². The lowest BCUT2D eigenvalue weighted by atomic mass is 9.91. The van der Waals surface area contributed by atoms with Crippen molar-refractivity contribution in [3.05, 3.63) is 23.0 Å². The van der Waals surface area contributed by atoms with Gasteiger partial charge in [0.15, 0.2) is 5.65 Å². The molecule has 0 unspecified atom stereocenters. The number of aromatic nitrogens is 3. The Kier molecular flexibility index (Phi) is 6.69. The van der Waals surface area contributed by atoms with Gasteiger partial charge in [-0.05, 0) is 52.3 Å². The van der Waals surface area contributed by atoms with Crippen LogP contribution in [0.3, 0.4) is 0 Å². The van der Waals surface area contributed by atoms with E-state index < -0.39 is 0 Å². The zero-order valence-corrected chi connectivity index (χ0v) is 19.9. The van der Waals surface area contributed by atoms with Crippen molar-refractivity contribution in [2.45, 2.75) is 40.5 Å². The minimum absolute atomic E-state index is 0.00225. The number of hydrogen-bond donors (Lipinski definition) is 1. The highest BCUT2D eigenvalue weighted by molar-refractivity contribution is 6.06. The van der Waals surface area contributed by atoms with E-state index in [0.717, 1.165) is 29.0 Å². The molecule has 0 atom stereocenters. The van der Waals surface area contributed by atoms with Gasteiger partial charge in [-0.3, -0.25) is 14.3 Å². The minimum Gasteiger partial charge on any atom is -0.355 e. The van der Waals surface area contributed by atoms with Crippen LogP contribution in [0.15, 0.2) is 6.07 Å². The molecule has 0 aliphatic carbocycles. The summed E-state index contributed by atoms with van der Waals surface area (Å²) in [5.74, 6) is 0.0558. The van der Waals surface area contributed by atoms with Crippen LogP contribution in [-0.4, -0.2) is 76.7 Å². The topological polar surface area (TPSA) is 83.4 Å². The summed E-state index contributed by atoms with van der Waals surface area (Å²) in [6.07, 6.45) is 1.37. The second kappa shape index (κ2) is 8.94. The van der Waals surface area contributed by atoms with E-state index in [9.17, 15) is 9.59 Å². The predicted molar refractivity (Wildman–Crippen MR) is 122 cm³/mol. The summed E-state index contributed by atoms with van der Waals surface area (Å²) >= 11 is 0. The first-order chi connectivity index (χ1) is 14.5. The predicted octanol–water partition coefficient (Wildman–Crippen LogP) is 2.14. The molecule has 1 saturated heterocycles. The van der Waals surface area contributed by atoms with Crippen molar-refractivity contribution < 1.29 is 9.59 Å². The molecule has 0 saturated carbocycles. The maximum Gasteiger partial charge on any atom is 0.254 e. The second-order valence-corrected chi connectivity index (χ2v) is 9.91. The minimum atomic E-state index is -0.0430. The maximum atomic E-state index is 13.3. The molecular weight excluding hydrogens is 392 g/mol. The number of hydrogen-bond acceptors (Lipinski definition) is 5. The second-order valence-electron chi connectivity index (χ2n) is 9.91. The molecular formula is C23H36N6O2. The van der Waals surface area contributed by atoms with Gasteiger partial charge in [0.2, 0.25) is 5.91 Å². The summed E-state index contributed by atoms with van der Waals surface area (Å²) in [4.78, 5) is 34.6. The van der Waals surface area contributed by atoms with Gasteiger partial charge in [-0.25, -0.2) is 4.98 Å². The van der Waals surface area contributed by atoms with Crippen molar-refractivity contribution in [1.82, 2.24) is 29.9 Å². The fourth-order valence-electron chi connectivity index (χ4n) is 4.64. The van der Waals surface area contributed by atoms with Crippen LogP contribution in [-0.2, 0) is 11.8 Å². The Morgan fingerprint density at radius 2 is 1.87 bits per heavy atom. The summed E-state index contributed by atoms with van der Waals surface area (Å²) in [5.41, 5.74) is 3.01. The Morgan fingerprint density at radius 1 is 1.23 bits per heavy atom. The molecule has 0 bridgehead atoms. The van der Waals surface area contributed by atoms with Crippen LogP contribution in [0.1, 0.15) is 48.4 Å². The molecule has 0 radical (unpaired) electrons. The first-order valence-corrected chi connectivity index (χ1v) is 11.0. The average Bonchev–Trinajstić information content (AvgIpc) is 2.97. The van der Waals surface area contributed by atoms with Gasteiger partial charge in [0, 0.05) is 44.8 Å². The standard InChI is InChI=1S/C23H36N6O2/c1-15-12-18(19-16(2)26-28(7)20(19)25-15)22(31)29-10-8-17(9-11-29)21(30)24-13-23(3,4)14-27(5)6/h12,17H,8-11,13-14H2,1-7H3,(H,24,30). The quantitative estimate of drug-likeness (QED) is 0.762. The van der Waals surface area contributed by atoms with E-state index in [1.165, 1.54) is 0 Å². The lowest BCUT2D eigenvalue weighted by Crippen LogP contribution is -2.46. The molecule has 1 aliphatic heterocycles. The number of fused-ring (bicyclic) bond motifs is 1. The third-order valence-corrected chi connectivity index (χ3v) is 5.97. The first-order valence-electron chi connectivity index (χ1n) is 11.0. The van der Waals surface area contributed by atoms with E-state index in [-0.39, 0.29) is 23.1 Å². The number of likely N-dealkylation sites (tertiary alicyclic amines) is 1. The van der Waals surface area contributed by atoms with E-state index in [1.54, 1.807) is 4.68 Å². The lowest BCUT2D eigenvalue weighted by molar-refractivity contribution is -0.126. The molecule has 3 heterocycles. The Balaban J connectivity index is 1.63. The Morgan fingerprint density at radius 3 is 2.48 bits per heavy atom. The fraction of sp³-hybridized carbons (Fsp3) is 0.652. The van der Waals surface area contributed by atoms with Gasteiger partial charge in [0.05, 0.1) is 16.6 Å². The zero-order valence-electron chi connectivity index (χ0n) is 19.9. The molecule has 8 nitrogen and oxygen atoms in total. The van der Waals surface area contributed by atoms with Gasteiger partial charge in [-0.15, -0.1) is 0 Å². The third kappa shape index (κ3) is 5.23. The van der Waals surface area contributed by atoms with Gasteiger partial charge in [0.1, 0.15) is 0 Å². The summed E-state index contributed by atoms with van der Waals surface area (Å²) in [7, 11) is 5.93. The number of pyridine rings is 1. The highest BCUT2D eigenvalue weighted by atomic mass is 16.2. The van der Waals surface area contributed by atoms with Crippen molar-refractivity contribution in [2.24, 2.45) is 18.4 Å². The molecule has 2 aromatic heterocycles. The zero-order chi connectivity index (χ0) is 22.9. The molecule has 1 aliphatic rings. The molecule has 0 aromatic carbocycles. The Labute approximate surface area is 185 Å². The number of rotatable bonds is 6. The van der Waals surface area contributed by atoms with E-state index in [4.69, 9.17) is 0 Å². The molecule has 0 spiro atoms. The van der Waals surface area contributed by atoms with Crippen LogP contribution in [0.2, 0.25) is 0 Å². The monoisotopic (exact) mass is 428 g/mol. The average molecular weight is 429 g/mol. The van der Waals surface area contributed by atoms with E-state index in [1.807, 2.05) is 46.0 Å². The van der Waals surface area contributed by atoms with Gasteiger partial charge >= 0.3 is 0 Å². The third-order valence-electron chi connectivity index (χ3n) is 5.97. The number of nitrogens with zero attached hydrogens (tertiary/aromatic N) is 5. The Hall–Kier alpha value is -2.48. The molecule has 1 fully saturated rings. The van der Waals surface area contributed by atoms with E-state index in [2.05, 4.69) is 34.1 Å². The molecule has 3 rings (SSSR count). The van der Waals surface area contributed by atoms with E-state index >= 15 is 0 Å². The lowest BCUT2D eigenvalue weighted by Gasteiger charge is -2.33. The smallest absolute Gasteiger partial charge is 0.254 e. The van der Waals surface area contributed by atoms with Gasteiger partial charge < -0.3 is 15.1 Å². The molecule has 8 heteroatoms. The molecule has 1 N–H and O–H groups in total. The number of amides is 2. The number of aryl methyl sites for hydroxylation is 3. The van der Waals surface area contributed by atoms with Crippen molar-refractivity contribution in [3.63, 3.8) is 0 Å². The maximum absolute atomic E-state index is 13.3. The SMILES string of the molecule is Cc1cc(C(=O)N2CCC(C(=O)NCC(C)(C)CN(C)C)CC2)c2c(C)nn(C)c2n1. The van der Waals surface area contributed by atoms with Gasteiger partial charge in [-0.2, -0.15) is 5.10 Å². The molecule has 2 aromatic rings. The fourth-order valence-corrected chi connectivity index (χ4v) is 4.64. The molecule has 2 amide bonds. The molecule has 170 valence electrons. The summed E-state index contributed by atoms with van der Waals surface area (Å²) < 4.78 is 1.73. The van der Waals surface area contributed by atoms with Crippen LogP contribution >= 0.6 is 0 Å². The van der Waals surface area contributed by atoms with Crippen LogP contribution < -0.4 is 5.32 Å². The Bertz CT molecular complexity index is 970. The number of piperidine rings is 1. The van der Waals surface area contributed by atoms with Crippen molar-refractivity contribution in [3.8, 4) is 0 Å². The van der Waals surface area contributed by atoms with Crippen LogP contribution in [0, 0.1) is 25.2 Å². The molecule has 31 heavy (non-hydrogen) atoms. The normalized spacial score (nSPS) is 15.7. The van der Waals surface area contributed by atoms with Crippen LogP contribution in [0.25, 0.3) is 11.0 Å². The van der Waals surface area contributed by atoms with Crippen molar-refractivity contribution >= 4 is 22.8 Å². The van der Waals surface area contributed by atoms with Crippen LogP contribution in [0.4, 0.5) is 0 Å². The first kappa shape index (κ1) is 23.2. The summed E-state index contributed by atoms with van der Waals surface area (Å²) in [6.45, 7) is 10.8. The van der Waals surface area contributed by atoms with Gasteiger partial charge in [-0.1, -0.05) is 13.8 Å². The van der Waals surface area contributed by atoms with Gasteiger partial charge in [0.25, 0.3) is 5.91 Å². The highest BCUT2D eigenvalue weighted by Crippen LogP contribution is 2.26. The summed E-state index contributed by atoms with van der Waals surface area (Å²) in [5, 5.41) is 8.39. The van der Waals surface area contributed by atoms with Crippen molar-refractivity contribution in [2.75, 3.05) is 40.3 Å². The summed E-state index contributed by atoms with van der Waals surface area (Å²) in [6, 6.07) is 1.85. The largest absolute Gasteiger partial charge is 0.355 e. The number of nitrogens with one attached hydrogen (secondary N) is 1. The number of carbonyl (C=O) groups excluding carboxylic acids is 2. The highest BCUT2D eigenvalue weighted by Gasteiger charge is 2.30. The van der Waals surface area contributed by atoms with Crippen LogP contribution in [0.5, 0.6) is 0 Å².